The molecule has 0 heterocycles. The van der Waals surface area contributed by atoms with Crippen molar-refractivity contribution in [2.75, 3.05) is 26.9 Å². The van der Waals surface area contributed by atoms with Gasteiger partial charge in [-0.3, -0.25) is 9.63 Å². The summed E-state index contributed by atoms with van der Waals surface area (Å²) in [5, 5.41) is 0.860. The van der Waals surface area contributed by atoms with Crippen LogP contribution in [0.5, 0.6) is 5.75 Å². The van der Waals surface area contributed by atoms with E-state index in [1.165, 1.54) is 13.2 Å². The number of halogens is 2. The number of methoxy groups -OCH3 is 1. The second-order valence-electron chi connectivity index (χ2n) is 3.23. The van der Waals surface area contributed by atoms with Crippen molar-refractivity contribution in [2.45, 2.75) is 0 Å². The molecule has 0 aliphatic heterocycles. The third-order valence-electron chi connectivity index (χ3n) is 1.83. The Morgan fingerprint density at radius 3 is 2.83 bits per heavy atom. The maximum atomic E-state index is 11.3. The summed E-state index contributed by atoms with van der Waals surface area (Å²) in [5.41, 5.74) is 2.20. The second-order valence-corrected chi connectivity index (χ2v) is 4.07. The predicted octanol–water partition coefficient (Wildman–Crippen LogP) is 2.07. The summed E-state index contributed by atoms with van der Waals surface area (Å²) in [6.45, 7) is 0.439. The van der Waals surface area contributed by atoms with Crippen molar-refractivity contribution in [1.29, 1.82) is 0 Å². The molecule has 100 valence electrons. The Bertz CT molecular complexity index is 401. The van der Waals surface area contributed by atoms with Crippen LogP contribution in [-0.4, -0.2) is 32.8 Å². The zero-order valence-corrected chi connectivity index (χ0v) is 11.3. The molecular weight excluding hydrogens is 281 g/mol. The molecule has 0 spiro atoms. The first-order valence-electron chi connectivity index (χ1n) is 5.11. The van der Waals surface area contributed by atoms with Gasteiger partial charge in [0.1, 0.15) is 5.75 Å². The third kappa shape index (κ3) is 5.55. The van der Waals surface area contributed by atoms with Crippen LogP contribution in [0.25, 0.3) is 0 Å². The highest BCUT2D eigenvalue weighted by molar-refractivity contribution is 6.34. The number of ether oxygens (including phenoxy) is 2. The van der Waals surface area contributed by atoms with E-state index in [0.717, 1.165) is 0 Å². The van der Waals surface area contributed by atoms with Gasteiger partial charge in [0.15, 0.2) is 6.61 Å². The van der Waals surface area contributed by atoms with Crippen LogP contribution in [0.4, 0.5) is 0 Å². The van der Waals surface area contributed by atoms with Gasteiger partial charge in [0, 0.05) is 18.2 Å². The van der Waals surface area contributed by atoms with E-state index in [9.17, 15) is 4.79 Å². The Labute approximate surface area is 115 Å². The van der Waals surface area contributed by atoms with Crippen molar-refractivity contribution in [3.63, 3.8) is 0 Å². The minimum absolute atomic E-state index is 0.215. The number of hydrogen-bond acceptors (Lipinski definition) is 4. The van der Waals surface area contributed by atoms with Crippen LogP contribution in [0.3, 0.4) is 0 Å². The number of carbonyl (C=O) groups is 1. The lowest BCUT2D eigenvalue weighted by Gasteiger charge is -2.08. The van der Waals surface area contributed by atoms with Gasteiger partial charge in [-0.1, -0.05) is 23.2 Å². The topological polar surface area (TPSA) is 56.8 Å². The van der Waals surface area contributed by atoms with Gasteiger partial charge >= 0.3 is 0 Å². The molecule has 1 N–H and O–H groups in total. The minimum Gasteiger partial charge on any atom is -0.482 e. The van der Waals surface area contributed by atoms with E-state index in [1.807, 2.05) is 0 Å². The van der Waals surface area contributed by atoms with Gasteiger partial charge in [0.2, 0.25) is 0 Å². The number of benzene rings is 1. The molecule has 0 bridgehead atoms. The van der Waals surface area contributed by atoms with E-state index in [4.69, 9.17) is 37.5 Å². The Kier molecular flexibility index (Phi) is 6.82. The minimum atomic E-state index is -0.429. The Morgan fingerprint density at radius 1 is 1.33 bits per heavy atom. The SMILES string of the molecule is COCCONC(=O)COc1cc(Cl)ccc1Cl. The van der Waals surface area contributed by atoms with Crippen LogP contribution in [0.15, 0.2) is 18.2 Å². The third-order valence-corrected chi connectivity index (χ3v) is 2.37. The molecule has 0 aromatic heterocycles. The molecule has 1 amide bonds. The Hall–Kier alpha value is -1.01. The van der Waals surface area contributed by atoms with Crippen LogP contribution in [0, 0.1) is 0 Å². The predicted molar refractivity (Wildman–Crippen MR) is 67.9 cm³/mol. The quantitative estimate of drug-likeness (QED) is 0.618. The molecule has 7 heteroatoms. The fraction of sp³-hybridized carbons (Fsp3) is 0.364. The van der Waals surface area contributed by atoms with Gasteiger partial charge in [-0.2, -0.15) is 0 Å². The van der Waals surface area contributed by atoms with E-state index in [2.05, 4.69) is 5.48 Å². The molecule has 0 aliphatic carbocycles. The first kappa shape index (κ1) is 15.0. The van der Waals surface area contributed by atoms with Crippen LogP contribution in [0.2, 0.25) is 10.0 Å². The van der Waals surface area contributed by atoms with Gasteiger partial charge in [0.25, 0.3) is 5.91 Å². The summed E-state index contributed by atoms with van der Waals surface area (Å²) >= 11 is 11.6. The van der Waals surface area contributed by atoms with Crippen LogP contribution in [-0.2, 0) is 14.4 Å². The van der Waals surface area contributed by atoms with Gasteiger partial charge in [0.05, 0.1) is 18.2 Å². The van der Waals surface area contributed by atoms with E-state index in [-0.39, 0.29) is 13.2 Å². The van der Waals surface area contributed by atoms with E-state index >= 15 is 0 Å². The standard InChI is InChI=1S/C11H13Cl2NO4/c1-16-4-5-18-14-11(15)7-17-10-6-8(12)2-3-9(10)13/h2-3,6H,4-5,7H2,1H3,(H,14,15). The lowest BCUT2D eigenvalue weighted by Crippen LogP contribution is -2.30. The molecular formula is C11H13Cl2NO4. The molecule has 0 radical (unpaired) electrons. The smallest absolute Gasteiger partial charge is 0.281 e. The molecule has 1 rings (SSSR count). The number of hydroxylamine groups is 1. The molecule has 0 atom stereocenters. The van der Waals surface area contributed by atoms with Gasteiger partial charge in [-0.25, -0.2) is 5.48 Å². The normalized spacial score (nSPS) is 10.2. The molecule has 0 unspecified atom stereocenters. The van der Waals surface area contributed by atoms with E-state index in [1.54, 1.807) is 12.1 Å². The zero-order valence-electron chi connectivity index (χ0n) is 9.74. The van der Waals surface area contributed by atoms with Crippen molar-refractivity contribution >= 4 is 29.1 Å². The molecule has 0 saturated heterocycles. The maximum absolute atomic E-state index is 11.3. The number of rotatable bonds is 7. The summed E-state index contributed by atoms with van der Waals surface area (Å²) in [6, 6.07) is 4.75. The number of hydrogen-bond donors (Lipinski definition) is 1. The largest absolute Gasteiger partial charge is 0.482 e. The second kappa shape index (κ2) is 8.16. The lowest BCUT2D eigenvalue weighted by atomic mass is 10.3. The fourth-order valence-electron chi connectivity index (χ4n) is 1.02. The first-order valence-corrected chi connectivity index (χ1v) is 5.86. The molecule has 0 fully saturated rings. The molecule has 0 aliphatic rings. The molecule has 18 heavy (non-hydrogen) atoms. The Morgan fingerprint density at radius 2 is 2.11 bits per heavy atom. The summed E-state index contributed by atoms with van der Waals surface area (Å²) < 4.78 is 9.94. The van der Waals surface area contributed by atoms with Gasteiger partial charge in [-0.15, -0.1) is 0 Å². The molecule has 0 saturated carbocycles. The van der Waals surface area contributed by atoms with Crippen molar-refractivity contribution in [3.05, 3.63) is 28.2 Å². The highest BCUT2D eigenvalue weighted by Gasteiger charge is 2.06. The van der Waals surface area contributed by atoms with Crippen LogP contribution < -0.4 is 10.2 Å². The average Bonchev–Trinajstić information content (AvgIpc) is 2.36. The number of amides is 1. The highest BCUT2D eigenvalue weighted by Crippen LogP contribution is 2.27. The summed E-state index contributed by atoms with van der Waals surface area (Å²) in [5.74, 6) is -0.0849. The average molecular weight is 294 g/mol. The van der Waals surface area contributed by atoms with Crippen LogP contribution in [0.1, 0.15) is 0 Å². The first-order chi connectivity index (χ1) is 8.63. The lowest BCUT2D eigenvalue weighted by molar-refractivity contribution is -0.136. The molecule has 1 aromatic carbocycles. The summed E-state index contributed by atoms with van der Waals surface area (Å²) in [7, 11) is 1.54. The summed E-state index contributed by atoms with van der Waals surface area (Å²) in [4.78, 5) is 16.1. The van der Waals surface area contributed by atoms with Crippen LogP contribution >= 0.6 is 23.2 Å². The van der Waals surface area contributed by atoms with Gasteiger partial charge in [-0.05, 0) is 12.1 Å². The van der Waals surface area contributed by atoms with E-state index < -0.39 is 5.91 Å². The molecule has 5 nitrogen and oxygen atoms in total. The monoisotopic (exact) mass is 293 g/mol. The van der Waals surface area contributed by atoms with Crippen molar-refractivity contribution < 1.29 is 19.1 Å². The number of nitrogens with one attached hydrogen (secondary N) is 1. The number of carbonyl (C=O) groups excluding carboxylic acids is 1. The molecule has 1 aromatic rings. The summed E-state index contributed by atoms with van der Waals surface area (Å²) in [6.07, 6.45) is 0. The zero-order chi connectivity index (χ0) is 13.4. The van der Waals surface area contributed by atoms with Crippen molar-refractivity contribution in [2.24, 2.45) is 0 Å². The fourth-order valence-corrected chi connectivity index (χ4v) is 1.35. The van der Waals surface area contributed by atoms with Crippen molar-refractivity contribution in [1.82, 2.24) is 5.48 Å². The Balaban J connectivity index is 2.31. The maximum Gasteiger partial charge on any atom is 0.281 e. The van der Waals surface area contributed by atoms with Gasteiger partial charge < -0.3 is 9.47 Å². The highest BCUT2D eigenvalue weighted by atomic mass is 35.5. The van der Waals surface area contributed by atoms with E-state index in [0.29, 0.717) is 22.4 Å². The van der Waals surface area contributed by atoms with Crippen molar-refractivity contribution in [3.8, 4) is 5.75 Å².